The van der Waals surface area contributed by atoms with Crippen molar-refractivity contribution in [2.45, 2.75) is 44.6 Å². The van der Waals surface area contributed by atoms with E-state index >= 15 is 0 Å². The fourth-order valence-corrected chi connectivity index (χ4v) is 7.72. The summed E-state index contributed by atoms with van der Waals surface area (Å²) in [5.74, 6) is 2.15. The zero-order valence-electron chi connectivity index (χ0n) is 17.5. The van der Waals surface area contributed by atoms with Gasteiger partial charge in [-0.25, -0.2) is 0 Å². The molecule has 2 amide bonds. The highest BCUT2D eigenvalue weighted by Crippen LogP contribution is 2.61. The van der Waals surface area contributed by atoms with Gasteiger partial charge < -0.3 is 10.2 Å². The summed E-state index contributed by atoms with van der Waals surface area (Å²) in [4.78, 5) is 29.2. The smallest absolute Gasteiger partial charge is 0.244 e. The van der Waals surface area contributed by atoms with E-state index in [1.165, 1.54) is 19.3 Å². The van der Waals surface area contributed by atoms with Crippen LogP contribution < -0.4 is 5.32 Å². The van der Waals surface area contributed by atoms with Crippen LogP contribution in [0.2, 0.25) is 0 Å². The van der Waals surface area contributed by atoms with Crippen LogP contribution >= 0.6 is 15.9 Å². The molecule has 31 heavy (non-hydrogen) atoms. The van der Waals surface area contributed by atoms with Gasteiger partial charge in [0, 0.05) is 15.7 Å². The summed E-state index contributed by atoms with van der Waals surface area (Å²) in [6.45, 7) is 0.104. The number of rotatable bonds is 2. The maximum Gasteiger partial charge on any atom is 0.244 e. The summed E-state index contributed by atoms with van der Waals surface area (Å²) in [6.07, 6.45) is 6.90. The van der Waals surface area contributed by atoms with Crippen molar-refractivity contribution in [1.82, 2.24) is 4.90 Å². The number of halogens is 1. The summed E-state index contributed by atoms with van der Waals surface area (Å²) in [6, 6.07) is 15.8. The lowest BCUT2D eigenvalue weighted by Crippen LogP contribution is -2.55. The molecule has 7 rings (SSSR count). The molecule has 4 fully saturated rings. The zero-order valence-corrected chi connectivity index (χ0v) is 19.1. The van der Waals surface area contributed by atoms with Gasteiger partial charge in [-0.2, -0.15) is 0 Å². The van der Waals surface area contributed by atoms with E-state index in [2.05, 4.69) is 39.4 Å². The zero-order chi connectivity index (χ0) is 21.2. The van der Waals surface area contributed by atoms with Crippen LogP contribution in [0.25, 0.3) is 0 Å². The van der Waals surface area contributed by atoms with Crippen LogP contribution in [0.15, 0.2) is 53.0 Å². The van der Waals surface area contributed by atoms with Gasteiger partial charge in [-0.15, -0.1) is 0 Å². The second-order valence-corrected chi connectivity index (χ2v) is 11.1. The Bertz CT molecular complexity index is 1020. The van der Waals surface area contributed by atoms with Gasteiger partial charge in [0.15, 0.2) is 0 Å². The molecule has 4 aliphatic carbocycles. The number of nitrogens with one attached hydrogen (secondary N) is 1. The Labute approximate surface area is 191 Å². The van der Waals surface area contributed by atoms with E-state index in [0.29, 0.717) is 17.8 Å². The molecule has 1 unspecified atom stereocenters. The minimum absolute atomic E-state index is 0.104. The Morgan fingerprint density at radius 1 is 0.968 bits per heavy atom. The summed E-state index contributed by atoms with van der Waals surface area (Å²) < 4.78 is 0.950. The highest BCUT2D eigenvalue weighted by molar-refractivity contribution is 9.10. The number of carbonyl (C=O) groups excluding carboxylic acids is 2. The van der Waals surface area contributed by atoms with Gasteiger partial charge in [-0.05, 0) is 80.0 Å². The Morgan fingerprint density at radius 2 is 1.61 bits per heavy atom. The molecule has 2 aromatic carbocycles. The number of anilines is 1. The number of nitrogens with zero attached hydrogens (tertiary/aromatic N) is 1. The molecule has 1 N–H and O–H groups in total. The first-order valence-corrected chi connectivity index (χ1v) is 12.3. The van der Waals surface area contributed by atoms with Crippen molar-refractivity contribution in [3.05, 3.63) is 64.1 Å². The predicted molar refractivity (Wildman–Crippen MR) is 123 cm³/mol. The molecule has 2 aromatic rings. The SMILES string of the molecule is O=C1CN(C(=O)C23CC4CC(CC(C4)C2)C3)C(c2ccccc2)c2cc(Br)ccc2N1. The lowest BCUT2D eigenvalue weighted by atomic mass is 9.49. The van der Waals surface area contributed by atoms with Gasteiger partial charge in [0.25, 0.3) is 0 Å². The lowest BCUT2D eigenvalue weighted by molar-refractivity contribution is -0.160. The van der Waals surface area contributed by atoms with Crippen LogP contribution in [0.3, 0.4) is 0 Å². The summed E-state index contributed by atoms with van der Waals surface area (Å²) in [5, 5.41) is 3.05. The van der Waals surface area contributed by atoms with E-state index in [9.17, 15) is 9.59 Å². The first-order valence-electron chi connectivity index (χ1n) is 11.5. The standard InChI is InChI=1S/C26H27BrN2O2/c27-20-6-7-22-21(11-20)24(19-4-2-1-3-5-19)29(15-23(30)28-22)25(31)26-12-16-8-17(13-26)10-18(9-16)14-26/h1-7,11,16-18,24H,8-10,12-15H2,(H,28,30). The summed E-state index contributed by atoms with van der Waals surface area (Å²) in [5.41, 5.74) is 2.54. The average molecular weight is 479 g/mol. The maximum absolute atomic E-state index is 14.4. The molecule has 0 saturated heterocycles. The minimum atomic E-state index is -0.279. The molecule has 160 valence electrons. The van der Waals surface area contributed by atoms with Crippen molar-refractivity contribution >= 4 is 33.4 Å². The van der Waals surface area contributed by atoms with E-state index in [1.54, 1.807) is 0 Å². The monoisotopic (exact) mass is 478 g/mol. The Morgan fingerprint density at radius 3 is 2.26 bits per heavy atom. The van der Waals surface area contributed by atoms with Gasteiger partial charge >= 0.3 is 0 Å². The van der Waals surface area contributed by atoms with Crippen molar-refractivity contribution in [2.24, 2.45) is 23.2 Å². The highest BCUT2D eigenvalue weighted by atomic mass is 79.9. The first kappa shape index (κ1) is 19.5. The number of benzene rings is 2. The Balaban J connectivity index is 1.47. The summed E-state index contributed by atoms with van der Waals surface area (Å²) >= 11 is 3.60. The molecular weight excluding hydrogens is 452 g/mol. The van der Waals surface area contributed by atoms with E-state index in [4.69, 9.17) is 0 Å². The van der Waals surface area contributed by atoms with Crippen LogP contribution in [0.4, 0.5) is 5.69 Å². The van der Waals surface area contributed by atoms with Crippen molar-refractivity contribution in [2.75, 3.05) is 11.9 Å². The predicted octanol–water partition coefficient (Wildman–Crippen LogP) is 5.54. The van der Waals surface area contributed by atoms with Crippen molar-refractivity contribution in [3.8, 4) is 0 Å². The van der Waals surface area contributed by atoms with E-state index in [0.717, 1.165) is 40.5 Å². The molecule has 0 aromatic heterocycles. The third kappa shape index (κ3) is 3.24. The second-order valence-electron chi connectivity index (χ2n) is 10.2. The molecule has 0 radical (unpaired) electrons. The average Bonchev–Trinajstić information content (AvgIpc) is 2.88. The van der Waals surface area contributed by atoms with Crippen molar-refractivity contribution < 1.29 is 9.59 Å². The van der Waals surface area contributed by atoms with E-state index < -0.39 is 0 Å². The normalized spacial score (nSPS) is 33.6. The fourth-order valence-electron chi connectivity index (χ4n) is 7.34. The third-order valence-electron chi connectivity index (χ3n) is 8.08. The maximum atomic E-state index is 14.4. The first-order chi connectivity index (χ1) is 15.0. The van der Waals surface area contributed by atoms with Gasteiger partial charge in [0.05, 0.1) is 11.5 Å². The molecule has 4 bridgehead atoms. The molecule has 4 saturated carbocycles. The van der Waals surface area contributed by atoms with Crippen LogP contribution in [-0.4, -0.2) is 23.3 Å². The lowest BCUT2D eigenvalue weighted by Gasteiger charge is -2.57. The molecular formula is C26H27BrN2O2. The second kappa shape index (κ2) is 7.19. The largest absolute Gasteiger partial charge is 0.324 e. The quantitative estimate of drug-likeness (QED) is 0.616. The van der Waals surface area contributed by atoms with E-state index in [-0.39, 0.29) is 29.8 Å². The molecule has 4 nitrogen and oxygen atoms in total. The van der Waals surface area contributed by atoms with Crippen LogP contribution in [0.5, 0.6) is 0 Å². The van der Waals surface area contributed by atoms with Gasteiger partial charge in [-0.3, -0.25) is 9.59 Å². The topological polar surface area (TPSA) is 49.4 Å². The van der Waals surface area contributed by atoms with E-state index in [1.807, 2.05) is 35.2 Å². The van der Waals surface area contributed by atoms with Crippen LogP contribution in [0, 0.1) is 23.2 Å². The number of hydrogen-bond donors (Lipinski definition) is 1. The Kier molecular flexibility index (Phi) is 4.53. The molecule has 0 spiro atoms. The Hall–Kier alpha value is -2.14. The number of hydrogen-bond acceptors (Lipinski definition) is 2. The summed E-state index contributed by atoms with van der Waals surface area (Å²) in [7, 11) is 0. The highest BCUT2D eigenvalue weighted by Gasteiger charge is 2.56. The van der Waals surface area contributed by atoms with Crippen molar-refractivity contribution in [1.29, 1.82) is 0 Å². The third-order valence-corrected chi connectivity index (χ3v) is 8.57. The number of amides is 2. The molecule has 1 aliphatic heterocycles. The van der Waals surface area contributed by atoms with Crippen molar-refractivity contribution in [3.63, 3.8) is 0 Å². The number of carbonyl (C=O) groups is 2. The molecule has 1 heterocycles. The fraction of sp³-hybridized carbons (Fsp3) is 0.462. The molecule has 1 atom stereocenters. The van der Waals surface area contributed by atoms with Gasteiger partial charge in [-0.1, -0.05) is 46.3 Å². The molecule has 5 aliphatic rings. The van der Waals surface area contributed by atoms with Crippen LogP contribution in [0.1, 0.15) is 55.7 Å². The van der Waals surface area contributed by atoms with Gasteiger partial charge in [0.1, 0.15) is 6.54 Å². The number of fused-ring (bicyclic) bond motifs is 1. The van der Waals surface area contributed by atoms with Gasteiger partial charge in [0.2, 0.25) is 11.8 Å². The van der Waals surface area contributed by atoms with Crippen LogP contribution in [-0.2, 0) is 9.59 Å². The molecule has 5 heteroatoms. The minimum Gasteiger partial charge on any atom is -0.324 e.